The summed E-state index contributed by atoms with van der Waals surface area (Å²) in [4.78, 5) is 10.8. The van der Waals surface area contributed by atoms with Crippen molar-refractivity contribution >= 4 is 12.0 Å². The third kappa shape index (κ3) is 5.52. The van der Waals surface area contributed by atoms with Gasteiger partial charge in [0.05, 0.1) is 23.3 Å². The molecule has 142 valence electrons. The maximum atomic E-state index is 13.5. The molecule has 1 aromatic heterocycles. The van der Waals surface area contributed by atoms with E-state index >= 15 is 0 Å². The molecular formula is C21H23F2N3O. The summed E-state index contributed by atoms with van der Waals surface area (Å²) in [7, 11) is 1.93. The van der Waals surface area contributed by atoms with E-state index in [9.17, 15) is 8.78 Å². The average Bonchev–Trinajstić information content (AvgIpc) is 2.61. The Labute approximate surface area is 158 Å². The summed E-state index contributed by atoms with van der Waals surface area (Å²) in [5.74, 6) is 4.78. The summed E-state index contributed by atoms with van der Waals surface area (Å²) in [5, 5.41) is 0. The van der Waals surface area contributed by atoms with E-state index in [4.69, 9.17) is 4.74 Å². The van der Waals surface area contributed by atoms with Gasteiger partial charge < -0.3 is 9.64 Å². The number of pyridine rings is 1. The Morgan fingerprint density at radius 3 is 2.52 bits per heavy atom. The van der Waals surface area contributed by atoms with Gasteiger partial charge >= 0.3 is 0 Å². The fraction of sp³-hybridized carbons (Fsp3) is 0.333. The fourth-order valence-electron chi connectivity index (χ4n) is 2.31. The molecule has 6 heteroatoms. The molecule has 1 atom stereocenters. The molecule has 0 amide bonds. The van der Waals surface area contributed by atoms with Gasteiger partial charge in [-0.25, -0.2) is 18.8 Å². The van der Waals surface area contributed by atoms with E-state index in [0.717, 1.165) is 12.6 Å². The molecule has 1 heterocycles. The zero-order valence-electron chi connectivity index (χ0n) is 16.2. The number of ether oxygens (including phenoxy) is 1. The van der Waals surface area contributed by atoms with E-state index in [2.05, 4.69) is 21.8 Å². The molecule has 0 radical (unpaired) electrons. The maximum absolute atomic E-state index is 13.5. The first-order chi connectivity index (χ1) is 12.8. The monoisotopic (exact) mass is 371 g/mol. The predicted molar refractivity (Wildman–Crippen MR) is 103 cm³/mol. The van der Waals surface area contributed by atoms with Crippen LogP contribution < -0.4 is 4.74 Å². The smallest absolute Gasteiger partial charge is 0.230 e. The fourth-order valence-corrected chi connectivity index (χ4v) is 2.31. The standard InChI is InChI=1S/C21H23F2N3O/c1-6-8-16-11-20(24-13-26(5)7-2)14(3)25-21(16)27-15(4)17-9-18(22)12-19(23)10-17/h9-13,15H,7H2,1-5H3/b24-13+. The van der Waals surface area contributed by atoms with E-state index in [1.54, 1.807) is 26.3 Å². The first-order valence-electron chi connectivity index (χ1n) is 8.65. The highest BCUT2D eigenvalue weighted by atomic mass is 19.1. The number of rotatable bonds is 6. The second-order valence-corrected chi connectivity index (χ2v) is 6.10. The van der Waals surface area contributed by atoms with Crippen LogP contribution in [-0.4, -0.2) is 29.8 Å². The third-order valence-corrected chi connectivity index (χ3v) is 3.95. The van der Waals surface area contributed by atoms with E-state index in [1.165, 1.54) is 12.1 Å². The van der Waals surface area contributed by atoms with Gasteiger partial charge in [0.25, 0.3) is 0 Å². The van der Waals surface area contributed by atoms with Crippen LogP contribution in [0.15, 0.2) is 29.3 Å². The van der Waals surface area contributed by atoms with Crippen LogP contribution in [0.25, 0.3) is 0 Å². The van der Waals surface area contributed by atoms with Crippen molar-refractivity contribution in [3.8, 4) is 17.7 Å². The van der Waals surface area contributed by atoms with Crippen LogP contribution in [0.5, 0.6) is 5.88 Å². The van der Waals surface area contributed by atoms with Crippen LogP contribution in [0.3, 0.4) is 0 Å². The van der Waals surface area contributed by atoms with Gasteiger partial charge in [0.1, 0.15) is 17.7 Å². The van der Waals surface area contributed by atoms with E-state index in [0.29, 0.717) is 28.4 Å². The second-order valence-electron chi connectivity index (χ2n) is 6.10. The van der Waals surface area contributed by atoms with Crippen LogP contribution >= 0.6 is 0 Å². The zero-order chi connectivity index (χ0) is 20.0. The number of halogens is 2. The molecule has 0 bridgehead atoms. The van der Waals surface area contributed by atoms with E-state index in [-0.39, 0.29) is 0 Å². The Bertz CT molecular complexity index is 880. The van der Waals surface area contributed by atoms with Crippen molar-refractivity contribution in [2.45, 2.75) is 33.8 Å². The van der Waals surface area contributed by atoms with Gasteiger partial charge in [-0.3, -0.25) is 0 Å². The minimum Gasteiger partial charge on any atom is -0.469 e. The molecule has 1 unspecified atom stereocenters. The second kappa shape index (κ2) is 9.13. The van der Waals surface area contributed by atoms with Crippen LogP contribution in [-0.2, 0) is 0 Å². The number of nitrogens with zero attached hydrogens (tertiary/aromatic N) is 3. The molecule has 0 N–H and O–H groups in total. The average molecular weight is 371 g/mol. The van der Waals surface area contributed by atoms with Crippen molar-refractivity contribution in [1.29, 1.82) is 0 Å². The molecule has 0 fully saturated rings. The highest BCUT2D eigenvalue weighted by Gasteiger charge is 2.15. The molecular weight excluding hydrogens is 348 g/mol. The molecule has 0 aliphatic carbocycles. The molecule has 4 nitrogen and oxygen atoms in total. The van der Waals surface area contributed by atoms with E-state index < -0.39 is 17.7 Å². The molecule has 0 aliphatic rings. The molecule has 1 aromatic carbocycles. The first-order valence-corrected chi connectivity index (χ1v) is 8.65. The highest BCUT2D eigenvalue weighted by molar-refractivity contribution is 5.64. The maximum Gasteiger partial charge on any atom is 0.230 e. The SMILES string of the molecule is CC#Cc1cc(/N=C/N(C)CC)c(C)nc1OC(C)c1cc(F)cc(F)c1. The van der Waals surface area contributed by atoms with E-state index in [1.807, 2.05) is 25.8 Å². The van der Waals surface area contributed by atoms with Gasteiger partial charge in [0, 0.05) is 19.7 Å². The molecule has 0 aliphatic heterocycles. The summed E-state index contributed by atoms with van der Waals surface area (Å²) >= 11 is 0. The van der Waals surface area contributed by atoms with Gasteiger partial charge in [-0.1, -0.05) is 5.92 Å². The lowest BCUT2D eigenvalue weighted by Crippen LogP contribution is -2.14. The predicted octanol–water partition coefficient (Wildman–Crippen LogP) is 4.79. The third-order valence-electron chi connectivity index (χ3n) is 3.95. The largest absolute Gasteiger partial charge is 0.469 e. The Morgan fingerprint density at radius 1 is 1.26 bits per heavy atom. The minimum atomic E-state index is -0.650. The number of aliphatic imine (C=N–C) groups is 1. The van der Waals surface area contributed by atoms with Gasteiger partial charge in [-0.2, -0.15) is 0 Å². The summed E-state index contributed by atoms with van der Waals surface area (Å²) < 4.78 is 32.8. The molecule has 0 saturated heterocycles. The van der Waals surface area contributed by atoms with Crippen molar-refractivity contribution in [2.24, 2.45) is 4.99 Å². The van der Waals surface area contributed by atoms with Crippen LogP contribution in [0.4, 0.5) is 14.5 Å². The van der Waals surface area contributed by atoms with Gasteiger partial charge in [0.15, 0.2) is 0 Å². The van der Waals surface area contributed by atoms with Crippen molar-refractivity contribution in [3.05, 3.63) is 52.7 Å². The number of hydrogen-bond acceptors (Lipinski definition) is 3. The van der Waals surface area contributed by atoms with Crippen LogP contribution in [0, 0.1) is 30.4 Å². The Hall–Kier alpha value is -2.94. The minimum absolute atomic E-state index is 0.307. The van der Waals surface area contributed by atoms with Crippen molar-refractivity contribution in [3.63, 3.8) is 0 Å². The van der Waals surface area contributed by atoms with Crippen molar-refractivity contribution in [1.82, 2.24) is 9.88 Å². The zero-order valence-corrected chi connectivity index (χ0v) is 16.2. The lowest BCUT2D eigenvalue weighted by Gasteiger charge is -2.17. The van der Waals surface area contributed by atoms with Gasteiger partial charge in [0.2, 0.25) is 5.88 Å². The van der Waals surface area contributed by atoms with Crippen molar-refractivity contribution < 1.29 is 13.5 Å². The van der Waals surface area contributed by atoms with Gasteiger partial charge in [-0.15, -0.1) is 5.92 Å². The Morgan fingerprint density at radius 2 is 1.93 bits per heavy atom. The molecule has 2 rings (SSSR count). The summed E-state index contributed by atoms with van der Waals surface area (Å²) in [5.41, 5.74) is 2.31. The highest BCUT2D eigenvalue weighted by Crippen LogP contribution is 2.29. The molecule has 0 saturated carbocycles. The first kappa shape index (κ1) is 20.4. The lowest BCUT2D eigenvalue weighted by molar-refractivity contribution is 0.215. The molecule has 0 spiro atoms. The number of hydrogen-bond donors (Lipinski definition) is 0. The summed E-state index contributed by atoms with van der Waals surface area (Å²) in [6.45, 7) is 8.10. The number of aromatic nitrogens is 1. The molecule has 27 heavy (non-hydrogen) atoms. The summed E-state index contributed by atoms with van der Waals surface area (Å²) in [6, 6.07) is 5.11. The number of aryl methyl sites for hydroxylation is 1. The summed E-state index contributed by atoms with van der Waals surface area (Å²) in [6.07, 6.45) is 1.13. The normalized spacial score (nSPS) is 11.8. The quantitative estimate of drug-likeness (QED) is 0.416. The van der Waals surface area contributed by atoms with Crippen LogP contribution in [0.2, 0.25) is 0 Å². The lowest BCUT2D eigenvalue weighted by atomic mass is 10.1. The topological polar surface area (TPSA) is 37.7 Å². The van der Waals surface area contributed by atoms with Gasteiger partial charge in [-0.05, 0) is 51.5 Å². The Balaban J connectivity index is 2.36. The van der Waals surface area contributed by atoms with Crippen LogP contribution in [0.1, 0.15) is 43.7 Å². The number of benzene rings is 1. The Kier molecular flexibility index (Phi) is 6.89. The van der Waals surface area contributed by atoms with Crippen molar-refractivity contribution in [2.75, 3.05) is 13.6 Å². The molecule has 2 aromatic rings.